The number of anilines is 2. The van der Waals surface area contributed by atoms with E-state index < -0.39 is 17.7 Å². The van der Waals surface area contributed by atoms with Crippen LogP contribution in [0.1, 0.15) is 18.1 Å². The van der Waals surface area contributed by atoms with E-state index in [9.17, 15) is 14.7 Å². The molecule has 0 fully saturated rings. The van der Waals surface area contributed by atoms with Crippen molar-refractivity contribution in [1.29, 1.82) is 0 Å². The highest BCUT2D eigenvalue weighted by Crippen LogP contribution is 2.41. The Kier molecular flexibility index (Phi) is 6.76. The molecule has 3 aromatic carbocycles. The molecular formula is C25H24BrN3O5. The number of rotatable bonds is 7. The number of fused-ring (bicyclic) bond motifs is 1. The lowest BCUT2D eigenvalue weighted by Gasteiger charge is -2.42. The van der Waals surface area contributed by atoms with Crippen LogP contribution in [0, 0.1) is 0 Å². The number of carbonyl (C=O) groups excluding carboxylic acids is 2. The molecule has 0 bridgehead atoms. The molecule has 3 aromatic rings. The molecule has 4 rings (SSSR count). The van der Waals surface area contributed by atoms with Gasteiger partial charge in [-0.15, -0.1) is 0 Å². The lowest BCUT2D eigenvalue weighted by Crippen LogP contribution is -2.62. The molecule has 1 unspecified atom stereocenters. The van der Waals surface area contributed by atoms with Crippen LogP contribution >= 0.6 is 15.9 Å². The number of aliphatic hydroxyl groups is 1. The second-order valence-corrected chi connectivity index (χ2v) is 8.46. The summed E-state index contributed by atoms with van der Waals surface area (Å²) in [7, 11) is 1.54. The minimum Gasteiger partial charge on any atom is -0.496 e. The Labute approximate surface area is 205 Å². The third kappa shape index (κ3) is 4.32. The van der Waals surface area contributed by atoms with E-state index >= 15 is 0 Å². The number of hydrogen-bond donors (Lipinski definition) is 3. The van der Waals surface area contributed by atoms with Gasteiger partial charge in [-0.1, -0.05) is 34.1 Å². The predicted molar refractivity (Wildman–Crippen MR) is 132 cm³/mol. The Morgan fingerprint density at radius 3 is 2.59 bits per heavy atom. The largest absolute Gasteiger partial charge is 0.496 e. The van der Waals surface area contributed by atoms with Crippen molar-refractivity contribution in [2.45, 2.75) is 19.2 Å². The maximum Gasteiger partial charge on any atom is 0.329 e. The molecule has 0 aromatic heterocycles. The quantitative estimate of drug-likeness (QED) is 0.425. The van der Waals surface area contributed by atoms with Crippen LogP contribution < -0.4 is 25.0 Å². The molecule has 0 saturated heterocycles. The predicted octanol–water partition coefficient (Wildman–Crippen LogP) is 4.37. The maximum atomic E-state index is 13.6. The number of hydrogen-bond acceptors (Lipinski definition) is 5. The van der Waals surface area contributed by atoms with Gasteiger partial charge in [0.25, 0.3) is 11.6 Å². The second-order valence-electron chi connectivity index (χ2n) is 7.55. The van der Waals surface area contributed by atoms with E-state index in [1.165, 1.54) is 0 Å². The van der Waals surface area contributed by atoms with Gasteiger partial charge < -0.3 is 25.2 Å². The van der Waals surface area contributed by atoms with E-state index in [1.54, 1.807) is 55.6 Å². The minimum atomic E-state index is -2.32. The van der Waals surface area contributed by atoms with Crippen molar-refractivity contribution in [2.24, 2.45) is 0 Å². The summed E-state index contributed by atoms with van der Waals surface area (Å²) < 4.78 is 11.5. The summed E-state index contributed by atoms with van der Waals surface area (Å²) in [5.41, 5.74) is -0.708. The first-order chi connectivity index (χ1) is 16.4. The fourth-order valence-electron chi connectivity index (χ4n) is 3.89. The summed E-state index contributed by atoms with van der Waals surface area (Å²) in [5.74, 6) is 0.445. The number of amides is 3. The van der Waals surface area contributed by atoms with Gasteiger partial charge >= 0.3 is 6.03 Å². The highest BCUT2D eigenvalue weighted by atomic mass is 79.9. The third-order valence-electron chi connectivity index (χ3n) is 5.48. The van der Waals surface area contributed by atoms with Gasteiger partial charge in [0.1, 0.15) is 11.5 Å². The van der Waals surface area contributed by atoms with Crippen LogP contribution in [0.5, 0.6) is 11.5 Å². The Morgan fingerprint density at radius 2 is 1.88 bits per heavy atom. The summed E-state index contributed by atoms with van der Waals surface area (Å²) in [6.45, 7) is 2.44. The zero-order valence-corrected chi connectivity index (χ0v) is 20.3. The van der Waals surface area contributed by atoms with Gasteiger partial charge in [-0.05, 0) is 55.5 Å². The number of benzene rings is 3. The Morgan fingerprint density at radius 1 is 1.15 bits per heavy atom. The molecule has 0 spiro atoms. The molecule has 8 nitrogen and oxygen atoms in total. The molecular weight excluding hydrogens is 502 g/mol. The zero-order chi connectivity index (χ0) is 24.3. The van der Waals surface area contributed by atoms with Crippen LogP contribution in [0.4, 0.5) is 16.2 Å². The van der Waals surface area contributed by atoms with Crippen LogP contribution in [-0.4, -0.2) is 30.8 Å². The van der Waals surface area contributed by atoms with Crippen LogP contribution in [0.15, 0.2) is 71.2 Å². The highest BCUT2D eigenvalue weighted by molar-refractivity contribution is 9.10. The topological polar surface area (TPSA) is 100 Å². The number of carbonyl (C=O) groups is 2. The van der Waals surface area contributed by atoms with E-state index in [0.717, 1.165) is 10.5 Å². The summed E-state index contributed by atoms with van der Waals surface area (Å²) >= 11 is 3.40. The molecule has 176 valence electrons. The molecule has 0 saturated carbocycles. The molecule has 3 N–H and O–H groups in total. The summed E-state index contributed by atoms with van der Waals surface area (Å²) in [6, 6.07) is 18.1. The molecule has 0 radical (unpaired) electrons. The van der Waals surface area contributed by atoms with Gasteiger partial charge in [-0.25, -0.2) is 4.79 Å². The van der Waals surface area contributed by atoms with Crippen LogP contribution in [0.2, 0.25) is 0 Å². The monoisotopic (exact) mass is 525 g/mol. The number of halogens is 1. The molecule has 34 heavy (non-hydrogen) atoms. The van der Waals surface area contributed by atoms with Crippen molar-refractivity contribution in [2.75, 3.05) is 23.9 Å². The van der Waals surface area contributed by atoms with Gasteiger partial charge in [0.15, 0.2) is 0 Å². The van der Waals surface area contributed by atoms with E-state index in [0.29, 0.717) is 34.0 Å². The number of nitrogens with one attached hydrogen (secondary N) is 2. The lowest BCUT2D eigenvalue weighted by atomic mass is 9.94. The standard InChI is InChI=1S/C25H24BrN3O5/c1-3-34-19-11-9-18(10-12-19)29-24(31)28-21-13-8-17(26)14-20(21)25(29,32)23(30)27-15-16-6-4-5-7-22(16)33-2/h4-14,32H,3,15H2,1-2H3,(H,27,30)(H,28,31). The third-order valence-corrected chi connectivity index (χ3v) is 5.97. The number of urea groups is 1. The van der Waals surface area contributed by atoms with E-state index in [-0.39, 0.29) is 12.1 Å². The van der Waals surface area contributed by atoms with Crippen LogP contribution in [0.3, 0.4) is 0 Å². The summed E-state index contributed by atoms with van der Waals surface area (Å²) in [6.07, 6.45) is 0. The average molecular weight is 526 g/mol. The fraction of sp³-hybridized carbons (Fsp3) is 0.200. The first kappa shape index (κ1) is 23.6. The van der Waals surface area contributed by atoms with Crippen molar-refractivity contribution < 1.29 is 24.2 Å². The van der Waals surface area contributed by atoms with Crippen molar-refractivity contribution >= 4 is 39.2 Å². The molecule has 0 aliphatic carbocycles. The van der Waals surface area contributed by atoms with Crippen molar-refractivity contribution in [3.63, 3.8) is 0 Å². The number of ether oxygens (including phenoxy) is 2. The fourth-order valence-corrected chi connectivity index (χ4v) is 4.25. The molecule has 9 heteroatoms. The Bertz CT molecular complexity index is 1220. The average Bonchev–Trinajstić information content (AvgIpc) is 2.84. The number of methoxy groups -OCH3 is 1. The number of nitrogens with zero attached hydrogens (tertiary/aromatic N) is 1. The Hall–Kier alpha value is -3.56. The van der Waals surface area contributed by atoms with Crippen LogP contribution in [0.25, 0.3) is 0 Å². The minimum absolute atomic E-state index is 0.0905. The van der Waals surface area contributed by atoms with Gasteiger partial charge in [0.2, 0.25) is 0 Å². The molecule has 1 atom stereocenters. The van der Waals surface area contributed by atoms with Gasteiger partial charge in [-0.2, -0.15) is 0 Å². The lowest BCUT2D eigenvalue weighted by molar-refractivity contribution is -0.140. The van der Waals surface area contributed by atoms with Crippen molar-refractivity contribution in [3.8, 4) is 11.5 Å². The Balaban J connectivity index is 1.75. The summed E-state index contributed by atoms with van der Waals surface area (Å²) in [5, 5.41) is 17.5. The molecule has 1 heterocycles. The second kappa shape index (κ2) is 9.74. The van der Waals surface area contributed by atoms with Gasteiger partial charge in [0, 0.05) is 27.8 Å². The van der Waals surface area contributed by atoms with Crippen molar-refractivity contribution in [1.82, 2.24) is 5.32 Å². The van der Waals surface area contributed by atoms with Crippen LogP contribution in [-0.2, 0) is 17.1 Å². The SMILES string of the molecule is CCOc1ccc(N2C(=O)Nc3ccc(Br)cc3C2(O)C(=O)NCc2ccccc2OC)cc1. The smallest absolute Gasteiger partial charge is 0.329 e. The summed E-state index contributed by atoms with van der Waals surface area (Å²) in [4.78, 5) is 27.8. The maximum absolute atomic E-state index is 13.6. The normalized spacial score (nSPS) is 16.9. The van der Waals surface area contributed by atoms with Gasteiger partial charge in [-0.3, -0.25) is 9.69 Å². The molecule has 1 aliphatic rings. The van der Waals surface area contributed by atoms with Gasteiger partial charge in [0.05, 0.1) is 19.4 Å². The molecule has 3 amide bonds. The highest BCUT2D eigenvalue weighted by Gasteiger charge is 2.52. The van der Waals surface area contributed by atoms with E-state index in [2.05, 4.69) is 26.6 Å². The van der Waals surface area contributed by atoms with Crippen molar-refractivity contribution in [3.05, 3.63) is 82.3 Å². The van der Waals surface area contributed by atoms with E-state index in [1.807, 2.05) is 25.1 Å². The first-order valence-electron chi connectivity index (χ1n) is 10.6. The molecule has 1 aliphatic heterocycles. The number of para-hydroxylation sites is 1. The first-order valence-corrected chi connectivity index (χ1v) is 11.4. The zero-order valence-electron chi connectivity index (χ0n) is 18.7. The van der Waals surface area contributed by atoms with E-state index in [4.69, 9.17) is 9.47 Å².